The molecule has 146 valence electrons. The number of hydrogen-bond acceptors (Lipinski definition) is 5. The van der Waals surface area contributed by atoms with Gasteiger partial charge in [0.1, 0.15) is 23.3 Å². The van der Waals surface area contributed by atoms with Crippen LogP contribution in [0.3, 0.4) is 0 Å². The monoisotopic (exact) mass is 408 g/mol. The molecule has 1 aromatic heterocycles. The molecule has 3 aromatic rings. The Morgan fingerprint density at radius 1 is 1.28 bits per heavy atom. The molecule has 2 aromatic carbocycles. The molecule has 5 rings (SSSR count). The smallest absolute Gasteiger partial charge is 0.270 e. The van der Waals surface area contributed by atoms with E-state index in [0.29, 0.717) is 20.6 Å². The Morgan fingerprint density at radius 3 is 2.83 bits per heavy atom. The van der Waals surface area contributed by atoms with Gasteiger partial charge in [0, 0.05) is 5.56 Å². The molecule has 3 heterocycles. The van der Waals surface area contributed by atoms with E-state index in [0.717, 1.165) is 5.56 Å². The standard InChI is InChI=1S/C22H17FN2O3S/c1-12(26)18-19-15-8-3-4-9-16(15)28-22(18,2)24-21-25(19)20(27)17(29-21)11-13-6-5-7-14(23)10-13/h3-11,18-19H,1-2H3/b17-11-/t18-,19+,22-/m1/s1. The van der Waals surface area contributed by atoms with Crippen LogP contribution in [0.5, 0.6) is 5.75 Å². The summed E-state index contributed by atoms with van der Waals surface area (Å²) in [5, 5.41) is 0. The van der Waals surface area contributed by atoms with Crippen LogP contribution in [0.1, 0.15) is 31.0 Å². The van der Waals surface area contributed by atoms with E-state index in [1.807, 2.05) is 24.3 Å². The van der Waals surface area contributed by atoms with Crippen molar-refractivity contribution in [3.8, 4) is 5.75 Å². The van der Waals surface area contributed by atoms with Gasteiger partial charge in [-0.2, -0.15) is 0 Å². The summed E-state index contributed by atoms with van der Waals surface area (Å²) < 4.78 is 21.7. The number of ketones is 1. The fourth-order valence-electron chi connectivity index (χ4n) is 4.30. The molecule has 0 unspecified atom stereocenters. The van der Waals surface area contributed by atoms with Crippen molar-refractivity contribution in [1.82, 2.24) is 4.57 Å². The van der Waals surface area contributed by atoms with Gasteiger partial charge in [0.15, 0.2) is 4.80 Å². The van der Waals surface area contributed by atoms with E-state index < -0.39 is 17.7 Å². The van der Waals surface area contributed by atoms with Crippen molar-refractivity contribution in [2.45, 2.75) is 25.6 Å². The second-order valence-corrected chi connectivity index (χ2v) is 8.47. The molecule has 0 spiro atoms. The van der Waals surface area contributed by atoms with E-state index in [-0.39, 0.29) is 17.2 Å². The van der Waals surface area contributed by atoms with E-state index in [1.54, 1.807) is 29.7 Å². The van der Waals surface area contributed by atoms with E-state index in [9.17, 15) is 14.0 Å². The van der Waals surface area contributed by atoms with Gasteiger partial charge in [-0.05, 0) is 43.7 Å². The molecular weight excluding hydrogens is 391 g/mol. The number of aromatic nitrogens is 1. The van der Waals surface area contributed by atoms with Crippen molar-refractivity contribution in [2.24, 2.45) is 10.9 Å². The maximum absolute atomic E-state index is 13.6. The number of carbonyl (C=O) groups is 1. The maximum atomic E-state index is 13.6. The molecule has 7 heteroatoms. The van der Waals surface area contributed by atoms with Gasteiger partial charge in [0.2, 0.25) is 5.72 Å². The van der Waals surface area contributed by atoms with Crippen LogP contribution < -0.4 is 19.6 Å². The van der Waals surface area contributed by atoms with Gasteiger partial charge in [0.05, 0.1) is 10.6 Å². The van der Waals surface area contributed by atoms with Gasteiger partial charge in [-0.25, -0.2) is 9.38 Å². The maximum Gasteiger partial charge on any atom is 0.270 e. The Balaban J connectivity index is 1.81. The summed E-state index contributed by atoms with van der Waals surface area (Å²) in [6.45, 7) is 3.29. The average Bonchev–Trinajstić information content (AvgIpc) is 2.94. The Labute approximate surface area is 169 Å². The lowest BCUT2D eigenvalue weighted by Crippen LogP contribution is -2.58. The number of ether oxygens (including phenoxy) is 1. The van der Waals surface area contributed by atoms with E-state index in [4.69, 9.17) is 4.74 Å². The quantitative estimate of drug-likeness (QED) is 0.654. The van der Waals surface area contributed by atoms with Gasteiger partial charge < -0.3 is 4.74 Å². The summed E-state index contributed by atoms with van der Waals surface area (Å²) in [6.07, 6.45) is 1.65. The number of Topliss-reactive ketones (excluding diaryl/α,β-unsaturated/α-hetero) is 1. The third-order valence-electron chi connectivity index (χ3n) is 5.46. The summed E-state index contributed by atoms with van der Waals surface area (Å²) in [5.41, 5.74) is 0.0555. The molecule has 0 radical (unpaired) electrons. The number of para-hydroxylation sites is 1. The molecule has 0 amide bonds. The number of carbonyl (C=O) groups excluding carboxylic acids is 1. The molecule has 2 aliphatic heterocycles. The van der Waals surface area contributed by atoms with Crippen LogP contribution in [0.4, 0.5) is 4.39 Å². The minimum Gasteiger partial charge on any atom is -0.465 e. The van der Waals surface area contributed by atoms with Crippen molar-refractivity contribution < 1.29 is 13.9 Å². The van der Waals surface area contributed by atoms with Crippen molar-refractivity contribution >= 4 is 23.2 Å². The van der Waals surface area contributed by atoms with Crippen LogP contribution in [-0.2, 0) is 4.79 Å². The fourth-order valence-corrected chi connectivity index (χ4v) is 5.40. The zero-order valence-electron chi connectivity index (χ0n) is 15.8. The van der Waals surface area contributed by atoms with Crippen LogP contribution in [-0.4, -0.2) is 16.1 Å². The number of rotatable bonds is 2. The zero-order valence-corrected chi connectivity index (χ0v) is 16.6. The molecule has 0 saturated carbocycles. The topological polar surface area (TPSA) is 60.7 Å². The number of hydrogen-bond donors (Lipinski definition) is 0. The average molecular weight is 408 g/mol. The number of thiazole rings is 1. The Bertz CT molecular complexity index is 1340. The molecular formula is C22H17FN2O3S. The lowest BCUT2D eigenvalue weighted by atomic mass is 9.79. The first-order valence-corrected chi connectivity index (χ1v) is 10.1. The molecule has 2 aliphatic rings. The van der Waals surface area contributed by atoms with Crippen LogP contribution in [0.15, 0.2) is 58.3 Å². The third-order valence-corrected chi connectivity index (χ3v) is 6.45. The number of benzene rings is 2. The predicted octanol–water partition coefficient (Wildman–Crippen LogP) is 2.41. The van der Waals surface area contributed by atoms with Gasteiger partial charge in [0.25, 0.3) is 5.56 Å². The molecule has 2 bridgehead atoms. The molecule has 5 nitrogen and oxygen atoms in total. The number of halogens is 1. The van der Waals surface area contributed by atoms with E-state index >= 15 is 0 Å². The third kappa shape index (κ3) is 2.68. The first-order valence-electron chi connectivity index (χ1n) is 9.24. The molecule has 29 heavy (non-hydrogen) atoms. The SMILES string of the molecule is CC(=O)[C@@H]1[C@@H]2c3ccccc3O[C@@]1(C)N=c1s/c(=C\c3cccc(F)c3)c(=O)n12. The number of nitrogens with zero attached hydrogens (tertiary/aromatic N) is 2. The highest BCUT2D eigenvalue weighted by Gasteiger charge is 2.53. The minimum absolute atomic E-state index is 0.0878. The van der Waals surface area contributed by atoms with Crippen molar-refractivity contribution in [2.75, 3.05) is 0 Å². The van der Waals surface area contributed by atoms with Crippen LogP contribution in [0.2, 0.25) is 0 Å². The predicted molar refractivity (Wildman–Crippen MR) is 107 cm³/mol. The van der Waals surface area contributed by atoms with Crippen molar-refractivity contribution in [1.29, 1.82) is 0 Å². The lowest BCUT2D eigenvalue weighted by molar-refractivity contribution is -0.132. The second-order valence-electron chi connectivity index (χ2n) is 7.46. The van der Waals surface area contributed by atoms with Crippen LogP contribution >= 0.6 is 11.3 Å². The largest absolute Gasteiger partial charge is 0.465 e. The Morgan fingerprint density at radius 2 is 2.07 bits per heavy atom. The first kappa shape index (κ1) is 18.0. The normalized spacial score (nSPS) is 24.9. The highest BCUT2D eigenvalue weighted by Crippen LogP contribution is 2.47. The van der Waals surface area contributed by atoms with Gasteiger partial charge in [-0.1, -0.05) is 41.7 Å². The minimum atomic E-state index is -1.09. The summed E-state index contributed by atoms with van der Waals surface area (Å²) >= 11 is 1.22. The van der Waals surface area contributed by atoms with Crippen LogP contribution in [0.25, 0.3) is 6.08 Å². The Kier molecular flexibility index (Phi) is 3.86. The molecule has 0 N–H and O–H groups in total. The van der Waals surface area contributed by atoms with Gasteiger partial charge in [-0.3, -0.25) is 14.2 Å². The summed E-state index contributed by atoms with van der Waals surface area (Å²) in [6, 6.07) is 13.0. The first-order chi connectivity index (χ1) is 13.9. The Hall–Kier alpha value is -3.06. The fraction of sp³-hybridized carbons (Fsp3) is 0.227. The molecule has 3 atom stereocenters. The van der Waals surface area contributed by atoms with Crippen molar-refractivity contribution in [3.63, 3.8) is 0 Å². The van der Waals surface area contributed by atoms with Crippen LogP contribution in [0, 0.1) is 11.7 Å². The molecule has 0 saturated heterocycles. The lowest BCUT2D eigenvalue weighted by Gasteiger charge is -2.45. The van der Waals surface area contributed by atoms with E-state index in [1.165, 1.54) is 30.4 Å². The summed E-state index contributed by atoms with van der Waals surface area (Å²) in [5.74, 6) is -0.442. The molecule has 0 aliphatic carbocycles. The molecule has 0 fully saturated rings. The highest BCUT2D eigenvalue weighted by molar-refractivity contribution is 7.07. The van der Waals surface area contributed by atoms with Gasteiger partial charge in [-0.15, -0.1) is 0 Å². The summed E-state index contributed by atoms with van der Waals surface area (Å²) in [4.78, 5) is 31.1. The summed E-state index contributed by atoms with van der Waals surface area (Å²) in [7, 11) is 0. The van der Waals surface area contributed by atoms with Gasteiger partial charge >= 0.3 is 0 Å². The zero-order chi connectivity index (χ0) is 20.3. The highest BCUT2D eigenvalue weighted by atomic mass is 32.1. The van der Waals surface area contributed by atoms with Crippen molar-refractivity contribution in [3.05, 3.63) is 85.2 Å². The number of fused-ring (bicyclic) bond motifs is 6. The van der Waals surface area contributed by atoms with E-state index in [2.05, 4.69) is 4.99 Å². The second kappa shape index (κ2) is 6.22.